The third-order valence-corrected chi connectivity index (χ3v) is 3.17. The summed E-state index contributed by atoms with van der Waals surface area (Å²) in [6.45, 7) is 10.0. The van der Waals surface area contributed by atoms with Crippen molar-refractivity contribution >= 4 is 7.37 Å². The fraction of sp³-hybridized carbons (Fsp3) is 0.778. The van der Waals surface area contributed by atoms with Crippen LogP contribution in [0.4, 0.5) is 0 Å². The molecule has 3 heteroatoms. The molecule has 72 valence electrons. The molecule has 0 aliphatic carbocycles. The van der Waals surface area contributed by atoms with E-state index in [0.717, 1.165) is 6.42 Å². The smallest absolute Gasteiger partial charge is 0.203 e. The van der Waals surface area contributed by atoms with E-state index in [0.29, 0.717) is 18.7 Å². The Morgan fingerprint density at radius 2 is 2.17 bits per heavy atom. The predicted molar refractivity (Wildman–Crippen MR) is 54.0 cm³/mol. The van der Waals surface area contributed by atoms with Crippen molar-refractivity contribution in [3.63, 3.8) is 0 Å². The summed E-state index contributed by atoms with van der Waals surface area (Å²) in [6, 6.07) is 0. The minimum Gasteiger partial charge on any atom is -0.328 e. The summed E-state index contributed by atoms with van der Waals surface area (Å²) in [5.41, 5.74) is 0. The summed E-state index contributed by atoms with van der Waals surface area (Å²) >= 11 is 0. The van der Waals surface area contributed by atoms with Gasteiger partial charge < -0.3 is 4.52 Å². The standard InChI is InChI=1S/C9H19O2P/c1-5-8-12(4,10)11-7-6-9(2)3/h5,9H,1,6-8H2,2-4H3. The zero-order valence-electron chi connectivity index (χ0n) is 8.25. The monoisotopic (exact) mass is 190 g/mol. The van der Waals surface area contributed by atoms with E-state index in [1.54, 1.807) is 12.7 Å². The van der Waals surface area contributed by atoms with Gasteiger partial charge in [0.05, 0.1) is 6.61 Å². The molecule has 0 aromatic rings. The number of hydrogen-bond acceptors (Lipinski definition) is 2. The first-order valence-corrected chi connectivity index (χ1v) is 6.55. The highest BCUT2D eigenvalue weighted by molar-refractivity contribution is 7.58. The first kappa shape index (κ1) is 11.9. The Balaban J connectivity index is 3.61. The Hall–Kier alpha value is -0.0700. The van der Waals surface area contributed by atoms with E-state index in [9.17, 15) is 4.57 Å². The summed E-state index contributed by atoms with van der Waals surface area (Å²) in [5, 5.41) is 0. The van der Waals surface area contributed by atoms with E-state index >= 15 is 0 Å². The van der Waals surface area contributed by atoms with Crippen molar-refractivity contribution in [2.24, 2.45) is 5.92 Å². The Morgan fingerprint density at radius 3 is 2.58 bits per heavy atom. The van der Waals surface area contributed by atoms with Crippen molar-refractivity contribution in [2.75, 3.05) is 19.4 Å². The van der Waals surface area contributed by atoms with Gasteiger partial charge in [0.2, 0.25) is 7.37 Å². The van der Waals surface area contributed by atoms with Gasteiger partial charge in [-0.15, -0.1) is 6.58 Å². The van der Waals surface area contributed by atoms with Crippen molar-refractivity contribution in [3.05, 3.63) is 12.7 Å². The zero-order chi connectivity index (χ0) is 9.61. The average Bonchev–Trinajstić information content (AvgIpc) is 1.85. The van der Waals surface area contributed by atoms with E-state index in [-0.39, 0.29) is 0 Å². The second-order valence-electron chi connectivity index (χ2n) is 3.50. The minimum atomic E-state index is -2.37. The normalized spacial score (nSPS) is 16.0. The van der Waals surface area contributed by atoms with Crippen molar-refractivity contribution < 1.29 is 9.09 Å². The Labute approximate surface area is 75.5 Å². The van der Waals surface area contributed by atoms with Crippen LogP contribution in [-0.4, -0.2) is 19.4 Å². The average molecular weight is 190 g/mol. The Morgan fingerprint density at radius 1 is 1.58 bits per heavy atom. The molecule has 12 heavy (non-hydrogen) atoms. The van der Waals surface area contributed by atoms with Crippen molar-refractivity contribution in [1.29, 1.82) is 0 Å². The number of rotatable bonds is 6. The molecule has 0 amide bonds. The van der Waals surface area contributed by atoms with Gasteiger partial charge in [0, 0.05) is 12.8 Å². The van der Waals surface area contributed by atoms with Crippen molar-refractivity contribution in [3.8, 4) is 0 Å². The highest BCUT2D eigenvalue weighted by Gasteiger charge is 2.12. The third-order valence-electron chi connectivity index (χ3n) is 1.52. The molecule has 0 fully saturated rings. The van der Waals surface area contributed by atoms with Crippen molar-refractivity contribution in [1.82, 2.24) is 0 Å². The van der Waals surface area contributed by atoms with Crippen LogP contribution in [0.15, 0.2) is 12.7 Å². The lowest BCUT2D eigenvalue weighted by molar-refractivity contribution is 0.292. The molecule has 0 bridgehead atoms. The molecule has 0 radical (unpaired) electrons. The summed E-state index contributed by atoms with van der Waals surface area (Å²) in [4.78, 5) is 0. The second-order valence-corrected chi connectivity index (χ2v) is 6.15. The lowest BCUT2D eigenvalue weighted by Gasteiger charge is -2.12. The maximum Gasteiger partial charge on any atom is 0.203 e. The first-order chi connectivity index (χ1) is 5.48. The van der Waals surface area contributed by atoms with Gasteiger partial charge in [-0.2, -0.15) is 0 Å². The molecule has 0 heterocycles. The Kier molecular flexibility index (Phi) is 5.52. The largest absolute Gasteiger partial charge is 0.328 e. The highest BCUT2D eigenvalue weighted by atomic mass is 31.2. The van der Waals surface area contributed by atoms with Gasteiger partial charge in [0.1, 0.15) is 0 Å². The van der Waals surface area contributed by atoms with Gasteiger partial charge in [-0.1, -0.05) is 19.9 Å². The maximum absolute atomic E-state index is 11.5. The van der Waals surface area contributed by atoms with Crippen LogP contribution in [-0.2, 0) is 9.09 Å². The molecule has 0 saturated heterocycles. The molecule has 0 spiro atoms. The topological polar surface area (TPSA) is 26.3 Å². The van der Waals surface area contributed by atoms with Gasteiger partial charge >= 0.3 is 0 Å². The van der Waals surface area contributed by atoms with E-state index in [1.807, 2.05) is 0 Å². The van der Waals surface area contributed by atoms with Crippen LogP contribution in [0.3, 0.4) is 0 Å². The van der Waals surface area contributed by atoms with E-state index in [2.05, 4.69) is 20.4 Å². The van der Waals surface area contributed by atoms with Crippen LogP contribution in [0.2, 0.25) is 0 Å². The zero-order valence-corrected chi connectivity index (χ0v) is 9.14. The molecule has 1 unspecified atom stereocenters. The lowest BCUT2D eigenvalue weighted by Crippen LogP contribution is -1.98. The molecule has 2 nitrogen and oxygen atoms in total. The molecule has 0 N–H and O–H groups in total. The fourth-order valence-corrected chi connectivity index (χ4v) is 1.83. The SMILES string of the molecule is C=CCP(C)(=O)OCCC(C)C. The number of hydrogen-bond donors (Lipinski definition) is 0. The van der Waals surface area contributed by atoms with Gasteiger partial charge in [0.15, 0.2) is 0 Å². The predicted octanol–water partition coefficient (Wildman–Crippen LogP) is 3.14. The summed E-state index contributed by atoms with van der Waals surface area (Å²) in [5.74, 6) is 0.605. The maximum atomic E-state index is 11.5. The first-order valence-electron chi connectivity index (χ1n) is 4.30. The molecular formula is C9H19O2P. The van der Waals surface area contributed by atoms with Crippen LogP contribution in [0.5, 0.6) is 0 Å². The summed E-state index contributed by atoms with van der Waals surface area (Å²) < 4.78 is 16.8. The fourth-order valence-electron chi connectivity index (χ4n) is 0.769. The molecule has 1 atom stereocenters. The molecule has 0 rings (SSSR count). The van der Waals surface area contributed by atoms with Crippen LogP contribution in [0, 0.1) is 5.92 Å². The highest BCUT2D eigenvalue weighted by Crippen LogP contribution is 2.42. The van der Waals surface area contributed by atoms with E-state index in [1.165, 1.54) is 0 Å². The van der Waals surface area contributed by atoms with E-state index < -0.39 is 7.37 Å². The lowest BCUT2D eigenvalue weighted by atomic mass is 10.2. The molecular weight excluding hydrogens is 171 g/mol. The van der Waals surface area contributed by atoms with Crippen LogP contribution >= 0.6 is 7.37 Å². The molecule has 0 aromatic carbocycles. The number of allylic oxidation sites excluding steroid dienone is 1. The van der Waals surface area contributed by atoms with Gasteiger partial charge in [-0.05, 0) is 12.3 Å². The molecule has 0 aliphatic heterocycles. The quantitative estimate of drug-likeness (QED) is 0.475. The molecule has 0 saturated carbocycles. The third kappa shape index (κ3) is 6.63. The van der Waals surface area contributed by atoms with Crippen LogP contribution < -0.4 is 0 Å². The van der Waals surface area contributed by atoms with Gasteiger partial charge in [-0.25, -0.2) is 0 Å². The molecule has 0 aliphatic rings. The van der Waals surface area contributed by atoms with Crippen LogP contribution in [0.1, 0.15) is 20.3 Å². The minimum absolute atomic E-state index is 0.477. The second kappa shape index (κ2) is 5.55. The van der Waals surface area contributed by atoms with Gasteiger partial charge in [-0.3, -0.25) is 4.57 Å². The van der Waals surface area contributed by atoms with Crippen LogP contribution in [0.25, 0.3) is 0 Å². The van der Waals surface area contributed by atoms with E-state index in [4.69, 9.17) is 4.52 Å². The Bertz CT molecular complexity index is 175. The van der Waals surface area contributed by atoms with Gasteiger partial charge in [0.25, 0.3) is 0 Å². The summed E-state index contributed by atoms with van der Waals surface area (Å²) in [7, 11) is -2.37. The molecule has 0 aromatic heterocycles. The van der Waals surface area contributed by atoms with Crippen molar-refractivity contribution in [2.45, 2.75) is 20.3 Å². The summed E-state index contributed by atoms with van der Waals surface area (Å²) in [6.07, 6.45) is 3.09.